The predicted molar refractivity (Wildman–Crippen MR) is 160 cm³/mol. The molecule has 0 aliphatic heterocycles. The number of alkyl halides is 3. The van der Waals surface area contributed by atoms with E-state index in [1.54, 1.807) is 54.6 Å². The van der Waals surface area contributed by atoms with Crippen LogP contribution in [-0.4, -0.2) is 20.2 Å². The molecule has 4 aromatic carbocycles. The van der Waals surface area contributed by atoms with Gasteiger partial charge in [0, 0.05) is 11.6 Å². The van der Waals surface area contributed by atoms with Gasteiger partial charge in [-0.2, -0.15) is 13.2 Å². The highest BCUT2D eigenvalue weighted by atomic mass is 31.2. The van der Waals surface area contributed by atoms with Crippen molar-refractivity contribution in [3.8, 4) is 23.0 Å². The number of carbonyl (C=O) groups excluding carboxylic acids is 1. The summed E-state index contributed by atoms with van der Waals surface area (Å²) in [6, 6.07) is 25.1. The zero-order valence-corrected chi connectivity index (χ0v) is 25.8. The lowest BCUT2D eigenvalue weighted by atomic mass is 9.82. The first kappa shape index (κ1) is 33.4. The highest BCUT2D eigenvalue weighted by molar-refractivity contribution is 7.49. The van der Waals surface area contributed by atoms with Crippen molar-refractivity contribution in [2.75, 3.05) is 14.2 Å². The normalized spacial score (nSPS) is 12.6. The lowest BCUT2D eigenvalue weighted by molar-refractivity contribution is -0.161. The third-order valence-corrected chi connectivity index (χ3v) is 8.07. The molecule has 0 aromatic heterocycles. The molecule has 8 nitrogen and oxygen atoms in total. The summed E-state index contributed by atoms with van der Waals surface area (Å²) in [6.45, 7) is 2.70. The van der Waals surface area contributed by atoms with Gasteiger partial charge < -0.3 is 23.3 Å². The predicted octanol–water partition coefficient (Wildman–Crippen LogP) is 8.82. The Labute approximate surface area is 259 Å². The summed E-state index contributed by atoms with van der Waals surface area (Å²) in [4.78, 5) is 13.7. The van der Waals surface area contributed by atoms with E-state index in [4.69, 9.17) is 27.8 Å². The molecule has 0 radical (unpaired) electrons. The molecule has 0 spiro atoms. The molecule has 0 aliphatic rings. The zero-order valence-electron chi connectivity index (χ0n) is 24.9. The summed E-state index contributed by atoms with van der Waals surface area (Å²) in [6.07, 6.45) is -6.08. The minimum Gasteiger partial charge on any atom is -0.497 e. The Bertz CT molecular complexity index is 1570. The van der Waals surface area contributed by atoms with E-state index in [1.165, 1.54) is 52.3 Å². The van der Waals surface area contributed by atoms with Crippen molar-refractivity contribution in [2.24, 2.45) is 5.41 Å². The van der Waals surface area contributed by atoms with Gasteiger partial charge in [-0.05, 0) is 67.9 Å². The molecular formula is C33H32F3O8P. The molecule has 0 fully saturated rings. The van der Waals surface area contributed by atoms with Crippen LogP contribution in [0.25, 0.3) is 0 Å². The Morgan fingerprint density at radius 3 is 1.80 bits per heavy atom. The maximum absolute atomic E-state index is 14.3. The van der Waals surface area contributed by atoms with E-state index >= 15 is 0 Å². The van der Waals surface area contributed by atoms with Crippen LogP contribution in [0.2, 0.25) is 0 Å². The summed E-state index contributed by atoms with van der Waals surface area (Å²) in [7, 11) is -1.67. The summed E-state index contributed by atoms with van der Waals surface area (Å²) in [5, 5.41) is 0. The van der Waals surface area contributed by atoms with Gasteiger partial charge in [-0.15, -0.1) is 0 Å². The number of rotatable bonds is 13. The van der Waals surface area contributed by atoms with Crippen LogP contribution in [0, 0.1) is 5.41 Å². The molecule has 4 rings (SSSR count). The van der Waals surface area contributed by atoms with Gasteiger partial charge in [0.25, 0.3) is 0 Å². The maximum Gasteiger partial charge on any atom is 0.588 e. The van der Waals surface area contributed by atoms with Gasteiger partial charge in [-0.3, -0.25) is 9.32 Å². The maximum atomic E-state index is 14.3. The van der Waals surface area contributed by atoms with Crippen molar-refractivity contribution in [1.29, 1.82) is 0 Å². The molecule has 0 heterocycles. The molecule has 0 aliphatic carbocycles. The van der Waals surface area contributed by atoms with Crippen LogP contribution < -0.4 is 18.5 Å². The van der Waals surface area contributed by atoms with Gasteiger partial charge in [0.15, 0.2) is 0 Å². The number of phosphoric ester groups is 1. The molecule has 0 N–H and O–H groups in total. The van der Waals surface area contributed by atoms with E-state index < -0.39 is 37.1 Å². The first-order valence-electron chi connectivity index (χ1n) is 13.7. The van der Waals surface area contributed by atoms with Crippen molar-refractivity contribution in [1.82, 2.24) is 0 Å². The van der Waals surface area contributed by atoms with Crippen molar-refractivity contribution in [3.63, 3.8) is 0 Å². The zero-order chi connectivity index (χ0) is 32.7. The van der Waals surface area contributed by atoms with Crippen LogP contribution in [-0.2, 0) is 31.4 Å². The smallest absolute Gasteiger partial charge is 0.497 e. The minimum absolute atomic E-state index is 0.0977. The molecule has 1 unspecified atom stereocenters. The molecular weight excluding hydrogens is 612 g/mol. The molecule has 238 valence electrons. The summed E-state index contributed by atoms with van der Waals surface area (Å²) < 4.78 is 88.3. The van der Waals surface area contributed by atoms with E-state index in [1.807, 2.05) is 0 Å². The Kier molecular flexibility index (Phi) is 10.5. The van der Waals surface area contributed by atoms with Crippen molar-refractivity contribution >= 4 is 13.8 Å². The van der Waals surface area contributed by atoms with E-state index in [-0.39, 0.29) is 23.7 Å². The number of hydrogen-bond donors (Lipinski definition) is 0. The van der Waals surface area contributed by atoms with Crippen molar-refractivity contribution < 1.29 is 50.3 Å². The second-order valence-electron chi connectivity index (χ2n) is 10.3. The second kappa shape index (κ2) is 14.1. The fraction of sp³-hybridized carbons (Fsp3) is 0.242. The SMILES string of the molecule is COc1ccc(COC(=O)C(C)(C)C(OP(=O)(Oc2ccccc2)Oc2ccccc2)c2ccc(C(F)(F)F)cc2)c(OC)c1. The standard InChI is InChI=1S/C33H32F3O8P/c1-32(2,31(37)41-22-24-17-20-28(39-3)21-29(24)40-4)30(23-15-18-25(19-16-23)33(34,35)36)44-45(38,42-26-11-7-5-8-12-26)43-27-13-9-6-10-14-27/h5-21,30H,22H2,1-4H3. The van der Waals surface area contributed by atoms with Crippen LogP contribution in [0.1, 0.15) is 36.6 Å². The molecule has 0 saturated heterocycles. The minimum atomic E-state index is -4.63. The summed E-state index contributed by atoms with van der Waals surface area (Å²) in [5.41, 5.74) is -1.93. The van der Waals surface area contributed by atoms with Crippen LogP contribution in [0.15, 0.2) is 103 Å². The number of ether oxygens (including phenoxy) is 3. The molecule has 0 bridgehead atoms. The molecule has 12 heteroatoms. The van der Waals surface area contributed by atoms with Gasteiger partial charge in [0.05, 0.1) is 25.2 Å². The average molecular weight is 645 g/mol. The molecule has 0 saturated carbocycles. The van der Waals surface area contributed by atoms with Gasteiger partial charge >= 0.3 is 20.0 Å². The molecule has 45 heavy (non-hydrogen) atoms. The first-order valence-corrected chi connectivity index (χ1v) is 15.1. The molecule has 1 atom stereocenters. The number of carbonyl (C=O) groups is 1. The van der Waals surface area contributed by atoms with Crippen LogP contribution in [0.4, 0.5) is 13.2 Å². The lowest BCUT2D eigenvalue weighted by Crippen LogP contribution is -2.35. The third kappa shape index (κ3) is 8.59. The number of esters is 1. The lowest BCUT2D eigenvalue weighted by Gasteiger charge is -2.34. The number of methoxy groups -OCH3 is 2. The van der Waals surface area contributed by atoms with E-state index in [9.17, 15) is 22.5 Å². The highest BCUT2D eigenvalue weighted by Crippen LogP contribution is 2.56. The first-order chi connectivity index (χ1) is 21.3. The number of benzene rings is 4. The van der Waals surface area contributed by atoms with Gasteiger partial charge in [0.2, 0.25) is 0 Å². The van der Waals surface area contributed by atoms with Gasteiger partial charge in [0.1, 0.15) is 35.7 Å². The summed E-state index contributed by atoms with van der Waals surface area (Å²) in [5.74, 6) is 0.402. The number of phosphoric acid groups is 1. The van der Waals surface area contributed by atoms with Crippen LogP contribution in [0.3, 0.4) is 0 Å². The van der Waals surface area contributed by atoms with Gasteiger partial charge in [-0.25, -0.2) is 4.57 Å². The Morgan fingerprint density at radius 2 is 1.31 bits per heavy atom. The second-order valence-corrected chi connectivity index (χ2v) is 11.8. The Morgan fingerprint density at radius 1 is 0.756 bits per heavy atom. The third-order valence-electron chi connectivity index (χ3n) is 6.73. The Hall–Kier alpha value is -4.47. The topological polar surface area (TPSA) is 89.5 Å². The number of para-hydroxylation sites is 2. The Balaban J connectivity index is 1.71. The van der Waals surface area contributed by atoms with E-state index in [2.05, 4.69) is 0 Å². The number of halogens is 3. The fourth-order valence-corrected chi connectivity index (χ4v) is 5.80. The van der Waals surface area contributed by atoms with Crippen LogP contribution >= 0.6 is 7.82 Å². The largest absolute Gasteiger partial charge is 0.588 e. The van der Waals surface area contributed by atoms with Crippen molar-refractivity contribution in [3.05, 3.63) is 120 Å². The number of hydrogen-bond acceptors (Lipinski definition) is 8. The fourth-order valence-electron chi connectivity index (χ4n) is 4.28. The molecule has 4 aromatic rings. The highest BCUT2D eigenvalue weighted by Gasteiger charge is 2.47. The average Bonchev–Trinajstić information content (AvgIpc) is 3.03. The van der Waals surface area contributed by atoms with E-state index in [0.29, 0.717) is 17.1 Å². The van der Waals surface area contributed by atoms with E-state index in [0.717, 1.165) is 24.3 Å². The summed E-state index contributed by atoms with van der Waals surface area (Å²) >= 11 is 0. The van der Waals surface area contributed by atoms with Crippen molar-refractivity contribution in [2.45, 2.75) is 32.7 Å². The molecule has 0 amide bonds. The van der Waals surface area contributed by atoms with Gasteiger partial charge in [-0.1, -0.05) is 48.5 Å². The monoisotopic (exact) mass is 644 g/mol. The van der Waals surface area contributed by atoms with Crippen LogP contribution in [0.5, 0.6) is 23.0 Å². The quantitative estimate of drug-likeness (QED) is 0.105.